The second kappa shape index (κ2) is 17.7. The highest BCUT2D eigenvalue weighted by Crippen LogP contribution is 2.44. The minimum atomic E-state index is -0.905. The van der Waals surface area contributed by atoms with Crippen LogP contribution in [0, 0.1) is 18.3 Å². The van der Waals surface area contributed by atoms with Gasteiger partial charge in [0.05, 0.1) is 42.0 Å². The Balaban J connectivity index is 1.19. The number of nitrogens with zero attached hydrogens (tertiary/aromatic N) is 3. The Morgan fingerprint density at radius 2 is 1.75 bits per heavy atom. The SMILES string of the molecule is Cc1c(OCCCN2CCC(O)CC2)cccc1-c1cccc2c1CC[C@@H]2Oc1cc(OCc2cncc(C#N)c2)c(CNC(C)(CO)CO)cc1Cl. The fourth-order valence-corrected chi connectivity index (χ4v) is 7.25. The predicted molar refractivity (Wildman–Crippen MR) is 204 cm³/mol. The Kier molecular flexibility index (Phi) is 12.9. The van der Waals surface area contributed by atoms with Gasteiger partial charge < -0.3 is 39.7 Å². The van der Waals surface area contributed by atoms with Crippen LogP contribution in [0.3, 0.4) is 0 Å². The summed E-state index contributed by atoms with van der Waals surface area (Å²) in [6.07, 6.45) is 7.02. The molecule has 0 unspecified atom stereocenters. The number of fused-ring (bicyclic) bond motifs is 1. The fraction of sp³-hybridized carbons (Fsp3) is 0.429. The summed E-state index contributed by atoms with van der Waals surface area (Å²) in [7, 11) is 0. The lowest BCUT2D eigenvalue weighted by atomic mass is 9.93. The molecule has 10 nitrogen and oxygen atoms in total. The number of rotatable bonds is 16. The van der Waals surface area contributed by atoms with Gasteiger partial charge >= 0.3 is 0 Å². The number of nitrogens with one attached hydrogen (secondary N) is 1. The first-order chi connectivity index (χ1) is 25.7. The maximum Gasteiger partial charge on any atom is 0.142 e. The third kappa shape index (κ3) is 9.48. The van der Waals surface area contributed by atoms with Crippen molar-refractivity contribution in [1.82, 2.24) is 15.2 Å². The van der Waals surface area contributed by atoms with Crippen molar-refractivity contribution in [2.45, 2.75) is 76.9 Å². The van der Waals surface area contributed by atoms with Crippen LogP contribution in [0.25, 0.3) is 11.1 Å². The lowest BCUT2D eigenvalue weighted by Gasteiger charge is -2.29. The van der Waals surface area contributed by atoms with E-state index in [9.17, 15) is 20.6 Å². The molecular weight excluding hydrogens is 692 g/mol. The van der Waals surface area contributed by atoms with Gasteiger partial charge in [0, 0.05) is 55.8 Å². The smallest absolute Gasteiger partial charge is 0.142 e. The van der Waals surface area contributed by atoms with Crippen molar-refractivity contribution in [3.63, 3.8) is 0 Å². The topological polar surface area (TPSA) is 140 Å². The van der Waals surface area contributed by atoms with Crippen LogP contribution < -0.4 is 19.5 Å². The van der Waals surface area contributed by atoms with Crippen molar-refractivity contribution in [1.29, 1.82) is 5.26 Å². The second-order valence-corrected chi connectivity index (χ2v) is 14.7. The van der Waals surface area contributed by atoms with E-state index in [1.54, 1.807) is 31.3 Å². The van der Waals surface area contributed by atoms with Crippen LogP contribution in [0.15, 0.2) is 67.0 Å². The number of halogens is 1. The first-order valence-corrected chi connectivity index (χ1v) is 18.8. The number of benzene rings is 3. The van der Waals surface area contributed by atoms with E-state index in [-0.39, 0.29) is 38.6 Å². The highest BCUT2D eigenvalue weighted by molar-refractivity contribution is 6.32. The molecule has 53 heavy (non-hydrogen) atoms. The van der Waals surface area contributed by atoms with E-state index in [1.807, 2.05) is 6.07 Å². The molecule has 1 aliphatic heterocycles. The number of nitriles is 1. The molecule has 2 aliphatic rings. The van der Waals surface area contributed by atoms with E-state index in [0.29, 0.717) is 28.7 Å². The molecule has 1 saturated heterocycles. The lowest BCUT2D eigenvalue weighted by Crippen LogP contribution is -2.48. The van der Waals surface area contributed by atoms with E-state index in [1.165, 1.54) is 17.3 Å². The van der Waals surface area contributed by atoms with E-state index in [2.05, 4.69) is 58.5 Å². The molecule has 4 aromatic rings. The van der Waals surface area contributed by atoms with Gasteiger partial charge in [0.1, 0.15) is 36.0 Å². The van der Waals surface area contributed by atoms with E-state index < -0.39 is 5.54 Å². The number of hydrogen-bond acceptors (Lipinski definition) is 10. The average molecular weight is 741 g/mol. The number of ether oxygens (including phenoxy) is 3. The average Bonchev–Trinajstić information content (AvgIpc) is 3.60. The molecule has 0 saturated carbocycles. The normalized spacial score (nSPS) is 16.3. The quantitative estimate of drug-likeness (QED) is 0.0970. The zero-order chi connectivity index (χ0) is 37.4. The summed E-state index contributed by atoms with van der Waals surface area (Å²) in [5.41, 5.74) is 6.77. The van der Waals surface area contributed by atoms with Gasteiger partial charge in [-0.05, 0) is 92.0 Å². The third-order valence-corrected chi connectivity index (χ3v) is 10.6. The number of pyridine rings is 1. The highest BCUT2D eigenvalue weighted by atomic mass is 35.5. The largest absolute Gasteiger partial charge is 0.493 e. The van der Waals surface area contributed by atoms with Gasteiger partial charge in [0.25, 0.3) is 0 Å². The molecule has 1 aromatic heterocycles. The summed E-state index contributed by atoms with van der Waals surface area (Å²) >= 11 is 6.87. The Bertz CT molecular complexity index is 1900. The van der Waals surface area contributed by atoms with Crippen LogP contribution in [-0.2, 0) is 19.6 Å². The summed E-state index contributed by atoms with van der Waals surface area (Å²) in [5, 5.41) is 42.4. The van der Waals surface area contributed by atoms with Gasteiger partial charge in [-0.3, -0.25) is 4.98 Å². The number of aliphatic hydroxyl groups excluding tert-OH is 3. The zero-order valence-electron chi connectivity index (χ0n) is 30.5. The van der Waals surface area contributed by atoms with Crippen LogP contribution in [-0.4, -0.2) is 76.3 Å². The van der Waals surface area contributed by atoms with Gasteiger partial charge in [-0.15, -0.1) is 0 Å². The molecule has 0 radical (unpaired) electrons. The number of aliphatic hydroxyl groups is 3. The van der Waals surface area contributed by atoms with E-state index >= 15 is 0 Å². The first-order valence-electron chi connectivity index (χ1n) is 18.4. The molecule has 0 spiro atoms. The summed E-state index contributed by atoms with van der Waals surface area (Å²) in [4.78, 5) is 6.55. The van der Waals surface area contributed by atoms with Crippen molar-refractivity contribution < 1.29 is 29.5 Å². The number of likely N-dealkylation sites (tertiary alicyclic amines) is 1. The minimum Gasteiger partial charge on any atom is -0.493 e. The molecule has 280 valence electrons. The number of aromatic nitrogens is 1. The van der Waals surface area contributed by atoms with Crippen LogP contribution in [0.4, 0.5) is 0 Å². The van der Waals surface area contributed by atoms with Crippen LogP contribution in [0.5, 0.6) is 17.2 Å². The van der Waals surface area contributed by atoms with Crippen molar-refractivity contribution in [2.24, 2.45) is 0 Å². The summed E-state index contributed by atoms with van der Waals surface area (Å²) in [6, 6.07) is 20.0. The van der Waals surface area contributed by atoms with Crippen LogP contribution in [0.2, 0.25) is 5.02 Å². The maximum atomic E-state index is 9.84. The molecule has 1 fully saturated rings. The van der Waals surface area contributed by atoms with Gasteiger partial charge in [-0.2, -0.15) is 5.26 Å². The molecule has 3 aromatic carbocycles. The van der Waals surface area contributed by atoms with Gasteiger partial charge in [0.2, 0.25) is 0 Å². The summed E-state index contributed by atoms with van der Waals surface area (Å²) in [6.45, 7) is 7.25. The van der Waals surface area contributed by atoms with E-state index in [0.717, 1.165) is 85.3 Å². The Morgan fingerprint density at radius 3 is 2.53 bits per heavy atom. The van der Waals surface area contributed by atoms with Crippen molar-refractivity contribution in [3.05, 3.63) is 105 Å². The molecule has 6 rings (SSSR count). The monoisotopic (exact) mass is 740 g/mol. The van der Waals surface area contributed by atoms with Gasteiger partial charge in [-0.25, -0.2) is 0 Å². The summed E-state index contributed by atoms with van der Waals surface area (Å²) < 4.78 is 19.2. The van der Waals surface area contributed by atoms with Crippen molar-refractivity contribution in [3.8, 4) is 34.4 Å². The molecule has 0 amide bonds. The molecule has 0 bridgehead atoms. The Hall–Kier alpha value is -4.21. The molecule has 1 aliphatic carbocycles. The van der Waals surface area contributed by atoms with Gasteiger partial charge in [-0.1, -0.05) is 41.9 Å². The van der Waals surface area contributed by atoms with Crippen LogP contribution in [0.1, 0.15) is 72.1 Å². The second-order valence-electron chi connectivity index (χ2n) is 14.3. The Labute approximate surface area is 316 Å². The Morgan fingerprint density at radius 1 is 0.981 bits per heavy atom. The molecular formula is C42H49ClN4O6. The third-order valence-electron chi connectivity index (χ3n) is 10.3. The van der Waals surface area contributed by atoms with Crippen molar-refractivity contribution in [2.75, 3.05) is 39.5 Å². The van der Waals surface area contributed by atoms with Crippen molar-refractivity contribution >= 4 is 11.6 Å². The standard InChI is InChI=1S/C42H49ClN4O6/c1-28-33(6-4-9-38(28)51-17-5-14-47-15-12-32(50)13-16-47)34-7-3-8-36-35(34)10-11-39(36)53-41-20-40(52-25-30-18-29(21-44)22-45-23-30)31(19-37(41)43)24-46-42(2,26-48)27-49/h3-4,6-9,18-20,22-23,32,39,46,48-50H,5,10-17,24-27H2,1-2H3/t39-/m0/s1. The molecule has 4 N–H and O–H groups in total. The minimum absolute atomic E-state index is 0.160. The maximum absolute atomic E-state index is 9.84. The zero-order valence-corrected chi connectivity index (χ0v) is 31.2. The van der Waals surface area contributed by atoms with Crippen LogP contribution >= 0.6 is 11.6 Å². The lowest BCUT2D eigenvalue weighted by molar-refractivity contribution is 0.0800. The molecule has 1 atom stereocenters. The fourth-order valence-electron chi connectivity index (χ4n) is 7.02. The number of hydrogen-bond donors (Lipinski definition) is 4. The predicted octanol–water partition coefficient (Wildman–Crippen LogP) is 6.29. The molecule has 11 heteroatoms. The highest BCUT2D eigenvalue weighted by Gasteiger charge is 2.29. The van der Waals surface area contributed by atoms with Gasteiger partial charge in [0.15, 0.2) is 0 Å². The van der Waals surface area contributed by atoms with E-state index in [4.69, 9.17) is 25.8 Å². The first kappa shape index (κ1) is 38.5. The number of piperidine rings is 1. The molecule has 2 heterocycles. The summed E-state index contributed by atoms with van der Waals surface area (Å²) in [5.74, 6) is 1.89.